The molecule has 0 atom stereocenters. The van der Waals surface area contributed by atoms with Crippen LogP contribution in [0.3, 0.4) is 0 Å². The molecule has 1 aliphatic rings. The number of rotatable bonds is 8. The summed E-state index contributed by atoms with van der Waals surface area (Å²) in [7, 11) is 1.83. The number of carbonyl (C=O) groups excluding carboxylic acids is 2. The van der Waals surface area contributed by atoms with Gasteiger partial charge in [-0.3, -0.25) is 19.5 Å². The minimum Gasteiger partial charge on any atom is -0.385 e. The number of anilines is 2. The molecule has 152 valence electrons. The summed E-state index contributed by atoms with van der Waals surface area (Å²) < 4.78 is 0. The van der Waals surface area contributed by atoms with Gasteiger partial charge in [-0.1, -0.05) is 6.92 Å². The Balaban J connectivity index is 1.61. The van der Waals surface area contributed by atoms with Crippen LogP contribution in [-0.2, 0) is 11.3 Å². The van der Waals surface area contributed by atoms with Crippen LogP contribution in [0, 0.1) is 0 Å². The average molecular weight is 394 g/mol. The van der Waals surface area contributed by atoms with Gasteiger partial charge in [-0.2, -0.15) is 0 Å². The summed E-state index contributed by atoms with van der Waals surface area (Å²) >= 11 is 0. The minimum atomic E-state index is 0.451. The fourth-order valence-electron chi connectivity index (χ4n) is 3.26. The van der Waals surface area contributed by atoms with E-state index in [4.69, 9.17) is 0 Å². The molecule has 0 amide bonds. The Morgan fingerprint density at radius 1 is 1.17 bits per heavy atom. The van der Waals surface area contributed by atoms with Crippen molar-refractivity contribution in [3.8, 4) is 0 Å². The van der Waals surface area contributed by atoms with Crippen molar-refractivity contribution in [3.63, 3.8) is 0 Å². The molecule has 0 radical (unpaired) electrons. The van der Waals surface area contributed by atoms with E-state index in [1.165, 1.54) is 0 Å². The lowest BCUT2D eigenvalue weighted by atomic mass is 10.2. The molecular formula is C21H26N6O2. The van der Waals surface area contributed by atoms with Crippen LogP contribution in [0.5, 0.6) is 0 Å². The summed E-state index contributed by atoms with van der Waals surface area (Å²) in [5, 5.41) is 3.12. The Hall–Kier alpha value is -3.13. The number of hydrogen-bond donors (Lipinski definition) is 1. The smallest absolute Gasteiger partial charge is 0.175 e. The highest BCUT2D eigenvalue weighted by Crippen LogP contribution is 2.24. The Morgan fingerprint density at radius 2 is 1.97 bits per heavy atom. The topological polar surface area (TPSA) is 90.8 Å². The van der Waals surface area contributed by atoms with Crippen LogP contribution in [-0.4, -0.2) is 66.4 Å². The minimum absolute atomic E-state index is 0.451. The summed E-state index contributed by atoms with van der Waals surface area (Å²) in [4.78, 5) is 39.4. The maximum absolute atomic E-state index is 11.0. The van der Waals surface area contributed by atoms with E-state index in [0.29, 0.717) is 23.6 Å². The van der Waals surface area contributed by atoms with Crippen molar-refractivity contribution in [3.05, 3.63) is 41.9 Å². The van der Waals surface area contributed by atoms with E-state index in [2.05, 4.69) is 30.1 Å². The van der Waals surface area contributed by atoms with Gasteiger partial charge in [-0.15, -0.1) is 0 Å². The number of carbonyl (C=O) groups is 2. The van der Waals surface area contributed by atoms with E-state index >= 15 is 0 Å². The number of aromatic nitrogens is 2. The molecule has 29 heavy (non-hydrogen) atoms. The monoisotopic (exact) mass is 394 g/mol. The van der Waals surface area contributed by atoms with Crippen molar-refractivity contribution in [1.29, 1.82) is 0 Å². The lowest BCUT2D eigenvalue weighted by molar-refractivity contribution is -0.102. The summed E-state index contributed by atoms with van der Waals surface area (Å²) in [5.74, 6) is 0.538. The first-order chi connectivity index (χ1) is 14.2. The van der Waals surface area contributed by atoms with Gasteiger partial charge in [0.2, 0.25) is 0 Å². The van der Waals surface area contributed by atoms with Gasteiger partial charge in [0.25, 0.3) is 0 Å². The van der Waals surface area contributed by atoms with Gasteiger partial charge in [0.15, 0.2) is 18.4 Å². The number of aldehydes is 2. The molecule has 0 spiro atoms. The fraction of sp³-hybridized carbons (Fsp3) is 0.381. The Morgan fingerprint density at radius 3 is 2.55 bits per heavy atom. The molecule has 0 aliphatic carbocycles. The third-order valence-corrected chi connectivity index (χ3v) is 4.98. The average Bonchev–Trinajstić information content (AvgIpc) is 2.78. The Kier molecular flexibility index (Phi) is 7.02. The largest absolute Gasteiger partial charge is 0.385 e. The van der Waals surface area contributed by atoms with Crippen LogP contribution in [0.15, 0.2) is 35.6 Å². The van der Waals surface area contributed by atoms with Gasteiger partial charge in [-0.05, 0) is 30.2 Å². The van der Waals surface area contributed by atoms with Gasteiger partial charge < -0.3 is 10.2 Å². The van der Waals surface area contributed by atoms with Gasteiger partial charge in [-0.25, -0.2) is 9.98 Å². The fourth-order valence-corrected chi connectivity index (χ4v) is 3.26. The van der Waals surface area contributed by atoms with E-state index in [-0.39, 0.29) is 0 Å². The third-order valence-electron chi connectivity index (χ3n) is 4.98. The molecule has 1 aliphatic heterocycles. The number of pyridine rings is 2. The van der Waals surface area contributed by atoms with Crippen LogP contribution in [0.1, 0.15) is 29.4 Å². The number of piperazine rings is 1. The van der Waals surface area contributed by atoms with E-state index in [9.17, 15) is 9.59 Å². The zero-order valence-corrected chi connectivity index (χ0v) is 16.8. The first kappa shape index (κ1) is 20.6. The molecule has 0 saturated carbocycles. The maximum atomic E-state index is 11.0. The van der Waals surface area contributed by atoms with Crippen LogP contribution in [0.25, 0.3) is 0 Å². The molecule has 1 saturated heterocycles. The third kappa shape index (κ3) is 5.23. The van der Waals surface area contributed by atoms with E-state index in [1.807, 2.05) is 32.3 Å². The predicted molar refractivity (Wildman–Crippen MR) is 114 cm³/mol. The lowest BCUT2D eigenvalue weighted by Crippen LogP contribution is -2.46. The molecule has 0 aromatic carbocycles. The standard InChI is InChI=1S/C21H26N6O2/c1-3-17(14-28)25-21-20(22-2)10-16(11-24-21)13-26-6-8-27(9-7-26)19-5-4-18(15-29)23-12-19/h4-5,10-12,14-15,22H,3,6-9,13H2,1-2H3/b25-17-. The first-order valence-corrected chi connectivity index (χ1v) is 9.74. The lowest BCUT2D eigenvalue weighted by Gasteiger charge is -2.36. The van der Waals surface area contributed by atoms with Crippen molar-refractivity contribution in [2.45, 2.75) is 19.9 Å². The van der Waals surface area contributed by atoms with Crippen LogP contribution in [0.4, 0.5) is 17.2 Å². The van der Waals surface area contributed by atoms with Gasteiger partial charge in [0.1, 0.15) is 5.69 Å². The number of nitrogens with zero attached hydrogens (tertiary/aromatic N) is 5. The van der Waals surface area contributed by atoms with E-state index in [1.54, 1.807) is 12.3 Å². The number of aliphatic imine (C=N–C) groups is 1. The van der Waals surface area contributed by atoms with Crippen molar-refractivity contribution in [2.24, 2.45) is 4.99 Å². The van der Waals surface area contributed by atoms with Crippen molar-refractivity contribution < 1.29 is 9.59 Å². The summed E-state index contributed by atoms with van der Waals surface area (Å²) in [6.45, 7) is 6.35. The zero-order chi connectivity index (χ0) is 20.6. The van der Waals surface area contributed by atoms with Crippen molar-refractivity contribution in [2.75, 3.05) is 43.4 Å². The zero-order valence-electron chi connectivity index (χ0n) is 16.8. The van der Waals surface area contributed by atoms with E-state index in [0.717, 1.165) is 62.2 Å². The van der Waals surface area contributed by atoms with Gasteiger partial charge in [0, 0.05) is 46.0 Å². The molecule has 8 heteroatoms. The van der Waals surface area contributed by atoms with Crippen LogP contribution in [0.2, 0.25) is 0 Å². The number of nitrogens with one attached hydrogen (secondary N) is 1. The molecule has 0 unspecified atom stereocenters. The van der Waals surface area contributed by atoms with Gasteiger partial charge in [0.05, 0.1) is 23.3 Å². The Labute approximate surface area is 170 Å². The second-order valence-corrected chi connectivity index (χ2v) is 6.86. The molecular weight excluding hydrogens is 368 g/mol. The highest BCUT2D eigenvalue weighted by molar-refractivity contribution is 6.28. The maximum Gasteiger partial charge on any atom is 0.175 e. The summed E-state index contributed by atoms with van der Waals surface area (Å²) in [6.07, 6.45) is 5.69. The Bertz CT molecular complexity index is 873. The summed E-state index contributed by atoms with van der Waals surface area (Å²) in [5.41, 5.74) is 3.89. The van der Waals surface area contributed by atoms with Crippen LogP contribution < -0.4 is 10.2 Å². The predicted octanol–water partition coefficient (Wildman–Crippen LogP) is 2.33. The summed E-state index contributed by atoms with van der Waals surface area (Å²) in [6, 6.07) is 5.73. The number of hydrogen-bond acceptors (Lipinski definition) is 8. The highest BCUT2D eigenvalue weighted by atomic mass is 16.1. The van der Waals surface area contributed by atoms with Crippen molar-refractivity contribution in [1.82, 2.24) is 14.9 Å². The van der Waals surface area contributed by atoms with Crippen LogP contribution >= 0.6 is 0 Å². The van der Waals surface area contributed by atoms with E-state index < -0.39 is 0 Å². The molecule has 3 rings (SSSR count). The quantitative estimate of drug-likeness (QED) is 0.543. The highest BCUT2D eigenvalue weighted by Gasteiger charge is 2.18. The molecule has 3 heterocycles. The molecule has 8 nitrogen and oxygen atoms in total. The first-order valence-electron chi connectivity index (χ1n) is 9.74. The van der Waals surface area contributed by atoms with Crippen molar-refractivity contribution >= 4 is 35.5 Å². The molecule has 2 aromatic rings. The SMILES string of the molecule is CC/C(C=O)=N/c1ncc(CN2CCN(c3ccc(C=O)nc3)CC2)cc1NC. The molecule has 0 bridgehead atoms. The normalized spacial score (nSPS) is 15.2. The molecule has 2 aromatic heterocycles. The second-order valence-electron chi connectivity index (χ2n) is 6.86. The van der Waals surface area contributed by atoms with Gasteiger partial charge >= 0.3 is 0 Å². The molecule has 1 N–H and O–H groups in total. The molecule has 1 fully saturated rings. The second kappa shape index (κ2) is 9.88.